The smallest absolute Gasteiger partial charge is 0.147 e. The minimum Gasteiger partial charge on any atom is -0.353 e. The third kappa shape index (κ3) is 1.15. The summed E-state index contributed by atoms with van der Waals surface area (Å²) in [7, 11) is 0. The Balaban J connectivity index is 1.85. The van der Waals surface area contributed by atoms with Crippen molar-refractivity contribution < 1.29 is 18.9 Å². The van der Waals surface area contributed by atoms with Gasteiger partial charge in [-0.05, 0) is 0 Å². The standard InChI is InChI=1S/C6H10O4/c1-5(9-3-7-1)6-2-8-4-10-6/h5-6H,1-4H2/t5-,6+. The summed E-state index contributed by atoms with van der Waals surface area (Å²) >= 11 is 0. The van der Waals surface area contributed by atoms with Gasteiger partial charge in [-0.1, -0.05) is 0 Å². The zero-order valence-electron chi connectivity index (χ0n) is 5.62. The van der Waals surface area contributed by atoms with E-state index in [9.17, 15) is 0 Å². The van der Waals surface area contributed by atoms with Gasteiger partial charge in [0, 0.05) is 0 Å². The van der Waals surface area contributed by atoms with Crippen molar-refractivity contribution in [3.05, 3.63) is 0 Å². The fourth-order valence-electron chi connectivity index (χ4n) is 1.13. The highest BCUT2D eigenvalue weighted by atomic mass is 16.7. The Morgan fingerprint density at radius 2 is 1.30 bits per heavy atom. The third-order valence-corrected chi connectivity index (χ3v) is 1.71. The first kappa shape index (κ1) is 6.54. The molecule has 0 aromatic rings. The van der Waals surface area contributed by atoms with Gasteiger partial charge in [-0.3, -0.25) is 0 Å². The van der Waals surface area contributed by atoms with E-state index in [4.69, 9.17) is 18.9 Å². The van der Waals surface area contributed by atoms with Gasteiger partial charge in [0.05, 0.1) is 13.2 Å². The molecule has 2 fully saturated rings. The average molecular weight is 146 g/mol. The fraction of sp³-hybridized carbons (Fsp3) is 1.00. The number of hydrogen-bond acceptors (Lipinski definition) is 4. The van der Waals surface area contributed by atoms with E-state index in [0.29, 0.717) is 26.8 Å². The summed E-state index contributed by atoms with van der Waals surface area (Å²) in [5.41, 5.74) is 0. The van der Waals surface area contributed by atoms with E-state index >= 15 is 0 Å². The van der Waals surface area contributed by atoms with Gasteiger partial charge in [0.1, 0.15) is 25.8 Å². The Morgan fingerprint density at radius 1 is 0.800 bits per heavy atom. The molecule has 2 saturated heterocycles. The highest BCUT2D eigenvalue weighted by Crippen LogP contribution is 2.14. The van der Waals surface area contributed by atoms with E-state index < -0.39 is 0 Å². The predicted octanol–water partition coefficient (Wildman–Crippen LogP) is -0.268. The summed E-state index contributed by atoms with van der Waals surface area (Å²) in [5, 5.41) is 0. The van der Waals surface area contributed by atoms with Crippen molar-refractivity contribution in [2.75, 3.05) is 26.8 Å². The molecule has 0 aliphatic carbocycles. The lowest BCUT2D eigenvalue weighted by Crippen LogP contribution is -2.29. The minimum absolute atomic E-state index is 0.0856. The Labute approximate surface area is 59.0 Å². The van der Waals surface area contributed by atoms with E-state index in [1.807, 2.05) is 0 Å². The lowest BCUT2D eigenvalue weighted by atomic mass is 10.2. The van der Waals surface area contributed by atoms with E-state index in [1.165, 1.54) is 0 Å². The molecule has 0 aromatic heterocycles. The average Bonchev–Trinajstić information content (AvgIpc) is 2.59. The second kappa shape index (κ2) is 2.84. The van der Waals surface area contributed by atoms with Crippen LogP contribution >= 0.6 is 0 Å². The van der Waals surface area contributed by atoms with Crippen LogP contribution in [-0.4, -0.2) is 39.0 Å². The van der Waals surface area contributed by atoms with Gasteiger partial charge in [0.15, 0.2) is 0 Å². The van der Waals surface area contributed by atoms with Gasteiger partial charge in [0.25, 0.3) is 0 Å². The summed E-state index contributed by atoms with van der Waals surface area (Å²) in [5.74, 6) is 0. The minimum atomic E-state index is 0.0856. The van der Waals surface area contributed by atoms with E-state index in [2.05, 4.69) is 0 Å². The quantitative estimate of drug-likeness (QED) is 0.510. The van der Waals surface area contributed by atoms with E-state index in [-0.39, 0.29) is 12.2 Å². The molecule has 0 N–H and O–H groups in total. The van der Waals surface area contributed by atoms with Gasteiger partial charge in [0.2, 0.25) is 0 Å². The zero-order valence-corrected chi connectivity index (χ0v) is 5.62. The van der Waals surface area contributed by atoms with Crippen LogP contribution in [0, 0.1) is 0 Å². The second-order valence-electron chi connectivity index (χ2n) is 2.39. The largest absolute Gasteiger partial charge is 0.353 e. The second-order valence-corrected chi connectivity index (χ2v) is 2.39. The zero-order chi connectivity index (χ0) is 6.81. The van der Waals surface area contributed by atoms with E-state index in [0.717, 1.165) is 0 Å². The number of hydrogen-bond donors (Lipinski definition) is 0. The summed E-state index contributed by atoms with van der Waals surface area (Å²) in [6.07, 6.45) is 0.171. The molecule has 0 radical (unpaired) electrons. The van der Waals surface area contributed by atoms with Crippen molar-refractivity contribution in [2.24, 2.45) is 0 Å². The maximum atomic E-state index is 5.21. The molecule has 2 heterocycles. The van der Waals surface area contributed by atoms with Crippen LogP contribution < -0.4 is 0 Å². The van der Waals surface area contributed by atoms with Gasteiger partial charge in [-0.2, -0.15) is 0 Å². The van der Waals surface area contributed by atoms with E-state index in [1.54, 1.807) is 0 Å². The molecule has 4 nitrogen and oxygen atoms in total. The Kier molecular flexibility index (Phi) is 1.86. The van der Waals surface area contributed by atoms with Gasteiger partial charge >= 0.3 is 0 Å². The van der Waals surface area contributed by atoms with Crippen molar-refractivity contribution in [1.29, 1.82) is 0 Å². The Hall–Kier alpha value is -0.160. The molecule has 2 aliphatic rings. The van der Waals surface area contributed by atoms with Crippen LogP contribution in [0.5, 0.6) is 0 Å². The molecular weight excluding hydrogens is 136 g/mol. The maximum absolute atomic E-state index is 5.21. The number of rotatable bonds is 1. The normalized spacial score (nSPS) is 40.8. The fourth-order valence-corrected chi connectivity index (χ4v) is 1.13. The molecule has 2 atom stereocenters. The highest BCUT2D eigenvalue weighted by molar-refractivity contribution is 4.73. The molecule has 10 heavy (non-hydrogen) atoms. The van der Waals surface area contributed by atoms with Crippen LogP contribution in [0.3, 0.4) is 0 Å². The lowest BCUT2D eigenvalue weighted by molar-refractivity contribution is -0.0251. The predicted molar refractivity (Wildman–Crippen MR) is 31.4 cm³/mol. The van der Waals surface area contributed by atoms with Crippen molar-refractivity contribution in [2.45, 2.75) is 12.2 Å². The van der Waals surface area contributed by atoms with Crippen LogP contribution in [0.1, 0.15) is 0 Å². The Morgan fingerprint density at radius 3 is 1.60 bits per heavy atom. The first-order chi connectivity index (χ1) is 4.97. The van der Waals surface area contributed by atoms with Gasteiger partial charge in [-0.25, -0.2) is 0 Å². The Bertz CT molecular complexity index is 90.3. The summed E-state index contributed by atoms with van der Waals surface area (Å²) in [6.45, 7) is 2.05. The molecule has 2 aliphatic heterocycles. The third-order valence-electron chi connectivity index (χ3n) is 1.71. The first-order valence-electron chi connectivity index (χ1n) is 3.35. The molecule has 0 saturated carbocycles. The van der Waals surface area contributed by atoms with Gasteiger partial charge < -0.3 is 18.9 Å². The monoisotopic (exact) mass is 146 g/mol. The first-order valence-corrected chi connectivity index (χ1v) is 3.35. The molecule has 58 valence electrons. The highest BCUT2D eigenvalue weighted by Gasteiger charge is 2.30. The topological polar surface area (TPSA) is 36.9 Å². The molecule has 0 unspecified atom stereocenters. The van der Waals surface area contributed by atoms with Crippen LogP contribution in [0.4, 0.5) is 0 Å². The van der Waals surface area contributed by atoms with Crippen LogP contribution in [0.25, 0.3) is 0 Å². The van der Waals surface area contributed by atoms with Gasteiger partial charge in [-0.15, -0.1) is 0 Å². The molecule has 4 heteroatoms. The van der Waals surface area contributed by atoms with Crippen molar-refractivity contribution in [3.63, 3.8) is 0 Å². The maximum Gasteiger partial charge on any atom is 0.147 e. The molecule has 0 bridgehead atoms. The molecule has 0 spiro atoms. The summed E-state index contributed by atoms with van der Waals surface area (Å²) in [4.78, 5) is 0. The number of ether oxygens (including phenoxy) is 4. The summed E-state index contributed by atoms with van der Waals surface area (Å²) < 4.78 is 20.4. The molecule has 0 aromatic carbocycles. The van der Waals surface area contributed by atoms with Crippen molar-refractivity contribution in [1.82, 2.24) is 0 Å². The lowest BCUT2D eigenvalue weighted by Gasteiger charge is -2.12. The molecule has 2 rings (SSSR count). The molecule has 0 amide bonds. The van der Waals surface area contributed by atoms with Crippen LogP contribution in [0.2, 0.25) is 0 Å². The van der Waals surface area contributed by atoms with Crippen molar-refractivity contribution in [3.8, 4) is 0 Å². The molecular formula is C6H10O4. The summed E-state index contributed by atoms with van der Waals surface area (Å²) in [6, 6.07) is 0. The van der Waals surface area contributed by atoms with Crippen LogP contribution in [0.15, 0.2) is 0 Å². The van der Waals surface area contributed by atoms with Crippen molar-refractivity contribution >= 4 is 0 Å². The SMILES string of the molecule is C1OC[C@@H]([C@H]2COCO2)O1. The van der Waals surface area contributed by atoms with Crippen LogP contribution in [-0.2, 0) is 18.9 Å².